The number of hydrogen-bond acceptors (Lipinski definition) is 4. The Morgan fingerprint density at radius 2 is 1.94 bits per heavy atom. The Balaban J connectivity index is 2.09. The second-order valence-electron chi connectivity index (χ2n) is 3.57. The molecule has 1 aromatic carbocycles. The highest BCUT2D eigenvalue weighted by Crippen LogP contribution is 2.13. The van der Waals surface area contributed by atoms with Crippen molar-refractivity contribution in [1.82, 2.24) is 9.97 Å². The lowest BCUT2D eigenvalue weighted by Crippen LogP contribution is -2.06. The summed E-state index contributed by atoms with van der Waals surface area (Å²) in [6.07, 6.45) is 3.20. The van der Waals surface area contributed by atoms with E-state index >= 15 is 0 Å². The van der Waals surface area contributed by atoms with Gasteiger partial charge < -0.3 is 11.1 Å². The molecule has 0 fully saturated rings. The van der Waals surface area contributed by atoms with Crippen LogP contribution in [-0.2, 0) is 6.54 Å². The molecule has 1 heterocycles. The molecule has 0 unspecified atom stereocenters. The van der Waals surface area contributed by atoms with Gasteiger partial charge in [-0.15, -0.1) is 0 Å². The number of aryl methyl sites for hydroxylation is 1. The first-order chi connectivity index (χ1) is 7.77. The van der Waals surface area contributed by atoms with E-state index in [4.69, 9.17) is 5.73 Å². The fraction of sp³-hybridized carbons (Fsp3) is 0.167. The second-order valence-corrected chi connectivity index (χ2v) is 3.57. The van der Waals surface area contributed by atoms with E-state index in [-0.39, 0.29) is 0 Å². The minimum absolute atomic E-state index is 0.427. The number of benzene rings is 1. The number of anilines is 2. The minimum atomic E-state index is 0.427. The van der Waals surface area contributed by atoms with E-state index in [0.717, 1.165) is 0 Å². The third kappa shape index (κ3) is 2.28. The first kappa shape index (κ1) is 10.4. The summed E-state index contributed by atoms with van der Waals surface area (Å²) in [5.74, 6) is 1.06. The lowest BCUT2D eigenvalue weighted by molar-refractivity contribution is 1.08. The van der Waals surface area contributed by atoms with Gasteiger partial charge in [-0.05, 0) is 18.1 Å². The fourth-order valence-electron chi connectivity index (χ4n) is 1.47. The van der Waals surface area contributed by atoms with Crippen LogP contribution >= 0.6 is 0 Å². The summed E-state index contributed by atoms with van der Waals surface area (Å²) in [6.45, 7) is 2.78. The van der Waals surface area contributed by atoms with Crippen molar-refractivity contribution < 1.29 is 0 Å². The highest BCUT2D eigenvalue weighted by molar-refractivity contribution is 5.55. The van der Waals surface area contributed by atoms with Gasteiger partial charge in [-0.1, -0.05) is 24.3 Å². The molecule has 0 aliphatic carbocycles. The van der Waals surface area contributed by atoms with Crippen molar-refractivity contribution in [3.63, 3.8) is 0 Å². The second kappa shape index (κ2) is 4.61. The van der Waals surface area contributed by atoms with E-state index in [0.29, 0.717) is 18.2 Å². The van der Waals surface area contributed by atoms with Crippen LogP contribution in [0.2, 0.25) is 0 Å². The average Bonchev–Trinajstić information content (AvgIpc) is 2.30. The normalized spacial score (nSPS) is 10.1. The molecule has 16 heavy (non-hydrogen) atoms. The molecule has 0 atom stereocenters. The van der Waals surface area contributed by atoms with Crippen molar-refractivity contribution in [2.45, 2.75) is 13.5 Å². The first-order valence-corrected chi connectivity index (χ1v) is 5.12. The summed E-state index contributed by atoms with van der Waals surface area (Å²) in [4.78, 5) is 8.09. The molecule has 0 saturated heterocycles. The van der Waals surface area contributed by atoms with Gasteiger partial charge in [0, 0.05) is 18.9 Å². The van der Waals surface area contributed by atoms with E-state index in [1.165, 1.54) is 11.1 Å². The standard InChI is InChI=1S/C12H14N4/c1-9-4-2-3-5-10(9)8-16-12-11(13)14-6-7-15-12/h2-7H,8H2,1H3,(H2,13,14)(H,15,16). The van der Waals surface area contributed by atoms with E-state index in [2.05, 4.69) is 34.3 Å². The predicted octanol–water partition coefficient (Wildman–Crippen LogP) is 1.98. The van der Waals surface area contributed by atoms with Crippen molar-refractivity contribution in [1.29, 1.82) is 0 Å². The van der Waals surface area contributed by atoms with Gasteiger partial charge >= 0.3 is 0 Å². The number of nitrogens with zero attached hydrogens (tertiary/aromatic N) is 2. The number of nitrogens with two attached hydrogens (primary N) is 1. The molecular formula is C12H14N4. The molecule has 0 bridgehead atoms. The Labute approximate surface area is 94.5 Å². The third-order valence-electron chi connectivity index (χ3n) is 2.43. The maximum absolute atomic E-state index is 5.69. The summed E-state index contributed by atoms with van der Waals surface area (Å²) in [7, 11) is 0. The number of rotatable bonds is 3. The Bertz CT molecular complexity index is 436. The molecule has 0 amide bonds. The molecule has 0 spiro atoms. The maximum atomic E-state index is 5.69. The minimum Gasteiger partial charge on any atom is -0.381 e. The summed E-state index contributed by atoms with van der Waals surface area (Å²) >= 11 is 0. The highest BCUT2D eigenvalue weighted by Gasteiger charge is 2.01. The largest absolute Gasteiger partial charge is 0.381 e. The van der Waals surface area contributed by atoms with Gasteiger partial charge in [-0.3, -0.25) is 0 Å². The van der Waals surface area contributed by atoms with Gasteiger partial charge in [0.1, 0.15) is 0 Å². The smallest absolute Gasteiger partial charge is 0.169 e. The maximum Gasteiger partial charge on any atom is 0.169 e. The monoisotopic (exact) mass is 214 g/mol. The summed E-state index contributed by atoms with van der Waals surface area (Å²) < 4.78 is 0. The molecule has 0 saturated carbocycles. The number of nitrogens with one attached hydrogen (secondary N) is 1. The van der Waals surface area contributed by atoms with E-state index < -0.39 is 0 Å². The predicted molar refractivity (Wildman–Crippen MR) is 65.0 cm³/mol. The lowest BCUT2D eigenvalue weighted by Gasteiger charge is -2.08. The van der Waals surface area contributed by atoms with Crippen molar-refractivity contribution in [2.75, 3.05) is 11.1 Å². The lowest BCUT2D eigenvalue weighted by atomic mass is 10.1. The fourth-order valence-corrected chi connectivity index (χ4v) is 1.47. The SMILES string of the molecule is Cc1ccccc1CNc1nccnc1N. The summed E-state index contributed by atoms with van der Waals surface area (Å²) in [5, 5.41) is 3.17. The van der Waals surface area contributed by atoms with Crippen LogP contribution in [0.3, 0.4) is 0 Å². The molecule has 0 radical (unpaired) electrons. The number of hydrogen-bond donors (Lipinski definition) is 2. The molecule has 82 valence electrons. The quantitative estimate of drug-likeness (QED) is 0.820. The molecule has 0 aliphatic rings. The van der Waals surface area contributed by atoms with Crippen LogP contribution in [0.1, 0.15) is 11.1 Å². The molecule has 2 rings (SSSR count). The van der Waals surface area contributed by atoms with Crippen LogP contribution in [0.25, 0.3) is 0 Å². The molecule has 0 aliphatic heterocycles. The van der Waals surface area contributed by atoms with Crippen molar-refractivity contribution in [2.24, 2.45) is 0 Å². The van der Waals surface area contributed by atoms with Crippen LogP contribution in [0.5, 0.6) is 0 Å². The third-order valence-corrected chi connectivity index (χ3v) is 2.43. The van der Waals surface area contributed by atoms with Gasteiger partial charge in [0.15, 0.2) is 11.6 Å². The summed E-state index contributed by atoms with van der Waals surface area (Å²) in [6, 6.07) is 8.20. The Morgan fingerprint density at radius 1 is 1.19 bits per heavy atom. The number of nitrogen functional groups attached to an aromatic ring is 1. The van der Waals surface area contributed by atoms with Gasteiger partial charge in [-0.2, -0.15) is 0 Å². The van der Waals surface area contributed by atoms with Crippen LogP contribution in [-0.4, -0.2) is 9.97 Å². The zero-order chi connectivity index (χ0) is 11.4. The molecular weight excluding hydrogens is 200 g/mol. The van der Waals surface area contributed by atoms with E-state index in [1.54, 1.807) is 12.4 Å². The van der Waals surface area contributed by atoms with Gasteiger partial charge in [0.25, 0.3) is 0 Å². The van der Waals surface area contributed by atoms with Gasteiger partial charge in [-0.25, -0.2) is 9.97 Å². The number of aromatic nitrogens is 2. The first-order valence-electron chi connectivity index (χ1n) is 5.12. The average molecular weight is 214 g/mol. The Kier molecular flexibility index (Phi) is 3.00. The van der Waals surface area contributed by atoms with Crippen LogP contribution < -0.4 is 11.1 Å². The Morgan fingerprint density at radius 3 is 2.69 bits per heavy atom. The zero-order valence-electron chi connectivity index (χ0n) is 9.14. The molecule has 1 aromatic heterocycles. The Hall–Kier alpha value is -2.10. The van der Waals surface area contributed by atoms with Crippen molar-refractivity contribution >= 4 is 11.6 Å². The topological polar surface area (TPSA) is 63.8 Å². The van der Waals surface area contributed by atoms with Crippen LogP contribution in [0.15, 0.2) is 36.7 Å². The van der Waals surface area contributed by atoms with Crippen molar-refractivity contribution in [3.05, 3.63) is 47.8 Å². The van der Waals surface area contributed by atoms with E-state index in [9.17, 15) is 0 Å². The highest BCUT2D eigenvalue weighted by atomic mass is 15.0. The van der Waals surface area contributed by atoms with Crippen LogP contribution in [0, 0.1) is 6.92 Å². The molecule has 4 heteroatoms. The summed E-state index contributed by atoms with van der Waals surface area (Å²) in [5.41, 5.74) is 8.16. The zero-order valence-corrected chi connectivity index (χ0v) is 9.14. The van der Waals surface area contributed by atoms with E-state index in [1.807, 2.05) is 12.1 Å². The van der Waals surface area contributed by atoms with Gasteiger partial charge in [0.2, 0.25) is 0 Å². The molecule has 4 nitrogen and oxygen atoms in total. The molecule has 2 aromatic rings. The van der Waals surface area contributed by atoms with Crippen LogP contribution in [0.4, 0.5) is 11.6 Å². The molecule has 3 N–H and O–H groups in total. The van der Waals surface area contributed by atoms with Crippen molar-refractivity contribution in [3.8, 4) is 0 Å². The van der Waals surface area contributed by atoms with Gasteiger partial charge in [0.05, 0.1) is 0 Å².